The van der Waals surface area contributed by atoms with Crippen molar-refractivity contribution in [2.24, 2.45) is 21.9 Å². The molecular formula is C21H33N5O4. The molecule has 166 valence electrons. The number of nitrogens with zero attached hydrogens (tertiary/aromatic N) is 1. The molecule has 0 aromatic heterocycles. The molecule has 0 saturated heterocycles. The topological polar surface area (TPSA) is 160 Å². The van der Waals surface area contributed by atoms with Gasteiger partial charge in [0, 0.05) is 25.9 Å². The van der Waals surface area contributed by atoms with Crippen molar-refractivity contribution in [3.63, 3.8) is 0 Å². The van der Waals surface area contributed by atoms with E-state index in [9.17, 15) is 14.4 Å². The lowest BCUT2D eigenvalue weighted by Gasteiger charge is -2.24. The predicted molar refractivity (Wildman–Crippen MR) is 116 cm³/mol. The number of carboxylic acids is 1. The number of hydrogen-bond donors (Lipinski definition) is 5. The Kier molecular flexibility index (Phi) is 10.4. The Morgan fingerprint density at radius 2 is 1.77 bits per heavy atom. The molecule has 0 bridgehead atoms. The number of aliphatic carboxylic acids is 1. The second kappa shape index (κ2) is 12.5. The van der Waals surface area contributed by atoms with Gasteiger partial charge in [0.15, 0.2) is 5.96 Å². The van der Waals surface area contributed by atoms with E-state index in [1.807, 2.05) is 30.3 Å². The first-order chi connectivity index (χ1) is 14.1. The molecule has 0 radical (unpaired) electrons. The quantitative estimate of drug-likeness (QED) is 0.180. The van der Waals surface area contributed by atoms with E-state index in [0.29, 0.717) is 25.9 Å². The van der Waals surface area contributed by atoms with E-state index >= 15 is 0 Å². The lowest BCUT2D eigenvalue weighted by Crippen LogP contribution is -2.49. The van der Waals surface area contributed by atoms with Crippen molar-refractivity contribution in [1.29, 1.82) is 0 Å². The molecular weight excluding hydrogens is 386 g/mol. The van der Waals surface area contributed by atoms with Crippen LogP contribution in [0.4, 0.5) is 0 Å². The van der Waals surface area contributed by atoms with E-state index in [-0.39, 0.29) is 30.6 Å². The van der Waals surface area contributed by atoms with E-state index < -0.39 is 17.4 Å². The average Bonchev–Trinajstić information content (AvgIpc) is 2.62. The molecule has 1 atom stereocenters. The molecule has 0 aliphatic carbocycles. The van der Waals surface area contributed by atoms with Crippen LogP contribution in [-0.4, -0.2) is 48.0 Å². The first kappa shape index (κ1) is 24.9. The Labute approximate surface area is 177 Å². The molecule has 0 unspecified atom stereocenters. The number of unbranched alkanes of at least 4 members (excludes halogenated alkanes) is 1. The third-order valence-corrected chi connectivity index (χ3v) is 4.38. The number of rotatable bonds is 13. The Morgan fingerprint density at radius 1 is 1.10 bits per heavy atom. The van der Waals surface area contributed by atoms with E-state index in [2.05, 4.69) is 15.6 Å². The number of carbonyl (C=O) groups is 3. The number of carboxylic acid groups (broad SMARTS) is 1. The molecule has 30 heavy (non-hydrogen) atoms. The number of guanidine groups is 1. The van der Waals surface area contributed by atoms with Crippen LogP contribution < -0.4 is 22.1 Å². The Hall–Kier alpha value is -3.10. The zero-order chi connectivity index (χ0) is 22.6. The van der Waals surface area contributed by atoms with Crippen molar-refractivity contribution in [3.8, 4) is 0 Å². The van der Waals surface area contributed by atoms with Crippen molar-refractivity contribution < 1.29 is 19.5 Å². The fraction of sp³-hybridized carbons (Fsp3) is 0.524. The van der Waals surface area contributed by atoms with Crippen LogP contribution in [0.15, 0.2) is 35.3 Å². The molecule has 1 aromatic rings. The van der Waals surface area contributed by atoms with Crippen LogP contribution in [0.3, 0.4) is 0 Å². The minimum Gasteiger partial charge on any atom is -0.481 e. The van der Waals surface area contributed by atoms with Gasteiger partial charge in [-0.3, -0.25) is 19.4 Å². The second-order valence-electron chi connectivity index (χ2n) is 8.03. The maximum absolute atomic E-state index is 12.7. The van der Waals surface area contributed by atoms with Crippen LogP contribution in [0.2, 0.25) is 0 Å². The van der Waals surface area contributed by atoms with Gasteiger partial charge in [-0.15, -0.1) is 0 Å². The number of benzene rings is 1. The molecule has 0 aliphatic heterocycles. The number of nitrogens with one attached hydrogen (secondary N) is 2. The third-order valence-electron chi connectivity index (χ3n) is 4.38. The molecule has 7 N–H and O–H groups in total. The van der Waals surface area contributed by atoms with E-state index in [1.54, 1.807) is 13.8 Å². The largest absolute Gasteiger partial charge is 0.481 e. The molecule has 0 spiro atoms. The summed E-state index contributed by atoms with van der Waals surface area (Å²) in [6, 6.07) is 8.63. The van der Waals surface area contributed by atoms with Crippen LogP contribution in [0.1, 0.15) is 45.1 Å². The molecule has 1 rings (SSSR count). The van der Waals surface area contributed by atoms with Gasteiger partial charge in [0.2, 0.25) is 11.8 Å². The van der Waals surface area contributed by atoms with E-state index in [4.69, 9.17) is 16.6 Å². The van der Waals surface area contributed by atoms with Crippen LogP contribution >= 0.6 is 0 Å². The maximum Gasteiger partial charge on any atom is 0.303 e. The molecule has 0 fully saturated rings. The zero-order valence-corrected chi connectivity index (χ0v) is 17.7. The Bertz CT molecular complexity index is 730. The monoisotopic (exact) mass is 419 g/mol. The van der Waals surface area contributed by atoms with Gasteiger partial charge in [0.1, 0.15) is 6.04 Å². The molecule has 9 nitrogen and oxygen atoms in total. The van der Waals surface area contributed by atoms with Gasteiger partial charge in [-0.2, -0.15) is 0 Å². The fourth-order valence-electron chi connectivity index (χ4n) is 2.99. The number of nitrogens with two attached hydrogens (primary N) is 2. The van der Waals surface area contributed by atoms with Crippen molar-refractivity contribution in [2.75, 3.05) is 13.1 Å². The van der Waals surface area contributed by atoms with Gasteiger partial charge in [-0.05, 0) is 23.8 Å². The number of hydrogen-bond acceptors (Lipinski definition) is 4. The first-order valence-corrected chi connectivity index (χ1v) is 9.97. The lowest BCUT2D eigenvalue weighted by atomic mass is 9.85. The smallest absolute Gasteiger partial charge is 0.303 e. The van der Waals surface area contributed by atoms with Crippen LogP contribution in [0, 0.1) is 5.41 Å². The van der Waals surface area contributed by atoms with Crippen LogP contribution in [0.25, 0.3) is 0 Å². The molecule has 0 aliphatic rings. The molecule has 1 aromatic carbocycles. The SMILES string of the molecule is CC(C)(CC(=O)O)CC(=O)N[C@@H](Cc1ccccc1)C(=O)NCCCCN=C(N)N. The number of carbonyl (C=O) groups excluding carboxylic acids is 2. The minimum absolute atomic E-state index is 0.0103. The molecule has 0 heterocycles. The van der Waals surface area contributed by atoms with Gasteiger partial charge < -0.3 is 27.2 Å². The van der Waals surface area contributed by atoms with Gasteiger partial charge in [-0.25, -0.2) is 0 Å². The van der Waals surface area contributed by atoms with Crippen molar-refractivity contribution in [2.45, 2.75) is 52.0 Å². The number of amides is 2. The third kappa shape index (κ3) is 11.0. The van der Waals surface area contributed by atoms with Crippen LogP contribution in [-0.2, 0) is 20.8 Å². The average molecular weight is 420 g/mol. The lowest BCUT2D eigenvalue weighted by molar-refractivity contribution is -0.140. The summed E-state index contributed by atoms with van der Waals surface area (Å²) in [7, 11) is 0. The highest BCUT2D eigenvalue weighted by molar-refractivity contribution is 5.88. The summed E-state index contributed by atoms with van der Waals surface area (Å²) in [4.78, 5) is 40.0. The van der Waals surface area contributed by atoms with E-state index in [1.165, 1.54) is 0 Å². The van der Waals surface area contributed by atoms with Gasteiger partial charge >= 0.3 is 5.97 Å². The Morgan fingerprint density at radius 3 is 2.37 bits per heavy atom. The van der Waals surface area contributed by atoms with E-state index in [0.717, 1.165) is 12.0 Å². The normalized spacial score (nSPS) is 11.9. The first-order valence-electron chi connectivity index (χ1n) is 9.97. The highest BCUT2D eigenvalue weighted by Gasteiger charge is 2.28. The summed E-state index contributed by atoms with van der Waals surface area (Å²) in [5, 5.41) is 14.6. The van der Waals surface area contributed by atoms with Gasteiger partial charge in [0.05, 0.1) is 6.42 Å². The highest BCUT2D eigenvalue weighted by Crippen LogP contribution is 2.24. The summed E-state index contributed by atoms with van der Waals surface area (Å²) in [6.45, 7) is 4.35. The van der Waals surface area contributed by atoms with Gasteiger partial charge in [-0.1, -0.05) is 44.2 Å². The van der Waals surface area contributed by atoms with Crippen LogP contribution in [0.5, 0.6) is 0 Å². The molecule has 9 heteroatoms. The summed E-state index contributed by atoms with van der Waals surface area (Å²) in [6.07, 6.45) is 1.63. The summed E-state index contributed by atoms with van der Waals surface area (Å²) in [5.74, 6) is -1.57. The Balaban J connectivity index is 2.67. The minimum atomic E-state index is -0.966. The standard InChI is InChI=1S/C21H33N5O4/c1-21(2,14-18(28)29)13-17(27)26-16(12-15-8-4-3-5-9-15)19(30)24-10-6-7-11-25-20(22)23/h3-5,8-9,16H,6-7,10-14H2,1-2H3,(H,24,30)(H,26,27)(H,28,29)(H4,22,23,25)/t16-/m0/s1. The van der Waals surface area contributed by atoms with Crippen molar-refractivity contribution in [1.82, 2.24) is 10.6 Å². The number of aliphatic imine (C=N–C) groups is 1. The summed E-state index contributed by atoms with van der Waals surface area (Å²) in [5.41, 5.74) is 10.7. The summed E-state index contributed by atoms with van der Waals surface area (Å²) >= 11 is 0. The highest BCUT2D eigenvalue weighted by atomic mass is 16.4. The zero-order valence-electron chi connectivity index (χ0n) is 17.7. The molecule has 2 amide bonds. The second-order valence-corrected chi connectivity index (χ2v) is 8.03. The molecule has 0 saturated carbocycles. The van der Waals surface area contributed by atoms with Crippen molar-refractivity contribution >= 4 is 23.7 Å². The summed E-state index contributed by atoms with van der Waals surface area (Å²) < 4.78 is 0. The van der Waals surface area contributed by atoms with Gasteiger partial charge in [0.25, 0.3) is 0 Å². The maximum atomic E-state index is 12.7. The van der Waals surface area contributed by atoms with Crippen molar-refractivity contribution in [3.05, 3.63) is 35.9 Å². The fourth-order valence-corrected chi connectivity index (χ4v) is 2.99. The predicted octanol–water partition coefficient (Wildman–Crippen LogP) is 0.775.